The maximum Gasteiger partial charge on any atom is 0.255 e. The zero-order chi connectivity index (χ0) is 20.4. The number of hydrogen-bond donors (Lipinski definition) is 1. The molecule has 29 heavy (non-hydrogen) atoms. The number of benzene rings is 2. The lowest BCUT2D eigenvalue weighted by molar-refractivity contribution is 0.102. The first-order valence-corrected chi connectivity index (χ1v) is 9.77. The highest BCUT2D eigenvalue weighted by Gasteiger charge is 2.15. The Hall–Kier alpha value is -3.45. The van der Waals surface area contributed by atoms with Crippen LogP contribution >= 0.6 is 11.3 Å². The second-order valence-electron chi connectivity index (χ2n) is 6.35. The van der Waals surface area contributed by atoms with Gasteiger partial charge >= 0.3 is 0 Å². The molecule has 0 aliphatic heterocycles. The minimum atomic E-state index is -0.225. The van der Waals surface area contributed by atoms with Crippen molar-refractivity contribution in [3.05, 3.63) is 65.9 Å². The Morgan fingerprint density at radius 1 is 1.03 bits per heavy atom. The Bertz CT molecular complexity index is 1170. The number of rotatable bonds is 5. The molecule has 4 rings (SSSR count). The molecule has 0 aliphatic rings. The van der Waals surface area contributed by atoms with Gasteiger partial charge in [0.1, 0.15) is 15.4 Å². The Balaban J connectivity index is 1.64. The zero-order valence-electron chi connectivity index (χ0n) is 16.2. The van der Waals surface area contributed by atoms with E-state index in [2.05, 4.69) is 15.3 Å². The first kappa shape index (κ1) is 18.9. The van der Waals surface area contributed by atoms with E-state index in [9.17, 15) is 4.79 Å². The van der Waals surface area contributed by atoms with E-state index < -0.39 is 0 Å². The Morgan fingerprint density at radius 2 is 1.86 bits per heavy atom. The lowest BCUT2D eigenvalue weighted by Crippen LogP contribution is -2.13. The van der Waals surface area contributed by atoms with Crippen LogP contribution in [-0.2, 0) is 0 Å². The van der Waals surface area contributed by atoms with Crippen LogP contribution in [-0.4, -0.2) is 30.1 Å². The molecular formula is C22H19N3O3S. The van der Waals surface area contributed by atoms with E-state index in [-0.39, 0.29) is 5.91 Å². The summed E-state index contributed by atoms with van der Waals surface area (Å²) in [5.41, 5.74) is 4.00. The number of anilines is 1. The first-order valence-electron chi connectivity index (χ1n) is 8.95. The SMILES string of the molecule is COc1ccc(C(=O)Nc2cccc(-c3nc4cccnc4s3)c2C)cc1OC. The molecule has 2 heterocycles. The number of thiazole rings is 1. The average molecular weight is 405 g/mol. The summed E-state index contributed by atoms with van der Waals surface area (Å²) in [6, 6.07) is 14.7. The predicted molar refractivity (Wildman–Crippen MR) is 115 cm³/mol. The van der Waals surface area contributed by atoms with Crippen LogP contribution in [0.15, 0.2) is 54.7 Å². The number of nitrogens with zero attached hydrogens (tertiary/aromatic N) is 2. The Kier molecular flexibility index (Phi) is 5.14. The maximum atomic E-state index is 12.8. The first-order chi connectivity index (χ1) is 14.1. The fourth-order valence-corrected chi connectivity index (χ4v) is 4.05. The second-order valence-corrected chi connectivity index (χ2v) is 7.33. The molecule has 4 aromatic rings. The largest absolute Gasteiger partial charge is 0.493 e. The van der Waals surface area contributed by atoms with Gasteiger partial charge in [0.15, 0.2) is 11.5 Å². The van der Waals surface area contributed by atoms with Gasteiger partial charge in [-0.15, -0.1) is 0 Å². The topological polar surface area (TPSA) is 73.3 Å². The summed E-state index contributed by atoms with van der Waals surface area (Å²) < 4.78 is 10.5. The van der Waals surface area contributed by atoms with Crippen molar-refractivity contribution in [2.45, 2.75) is 6.92 Å². The van der Waals surface area contributed by atoms with Gasteiger partial charge in [0.05, 0.1) is 14.2 Å². The van der Waals surface area contributed by atoms with Gasteiger partial charge in [-0.3, -0.25) is 4.79 Å². The average Bonchev–Trinajstić information content (AvgIpc) is 3.18. The smallest absolute Gasteiger partial charge is 0.255 e. The van der Waals surface area contributed by atoms with Gasteiger partial charge in [-0.1, -0.05) is 23.5 Å². The van der Waals surface area contributed by atoms with Crippen LogP contribution in [0, 0.1) is 6.92 Å². The van der Waals surface area contributed by atoms with E-state index in [1.165, 1.54) is 11.3 Å². The number of methoxy groups -OCH3 is 2. The molecule has 1 N–H and O–H groups in total. The predicted octanol–water partition coefficient (Wildman–Crippen LogP) is 4.94. The van der Waals surface area contributed by atoms with Gasteiger partial charge in [-0.25, -0.2) is 9.97 Å². The molecule has 0 unspecified atom stereocenters. The number of fused-ring (bicyclic) bond motifs is 1. The lowest BCUT2D eigenvalue weighted by Gasteiger charge is -2.13. The van der Waals surface area contributed by atoms with Crippen LogP contribution in [0.1, 0.15) is 15.9 Å². The molecule has 0 bridgehead atoms. The van der Waals surface area contributed by atoms with Crippen molar-refractivity contribution in [3.8, 4) is 22.1 Å². The van der Waals surface area contributed by atoms with Gasteiger partial charge in [-0.05, 0) is 48.9 Å². The van der Waals surface area contributed by atoms with E-state index in [1.807, 2.05) is 37.3 Å². The summed E-state index contributed by atoms with van der Waals surface area (Å²) in [6.07, 6.45) is 1.76. The number of hydrogen-bond acceptors (Lipinski definition) is 6. The molecule has 0 radical (unpaired) electrons. The quantitative estimate of drug-likeness (QED) is 0.509. The summed E-state index contributed by atoms with van der Waals surface area (Å²) >= 11 is 1.53. The monoisotopic (exact) mass is 405 g/mol. The molecule has 0 spiro atoms. The summed E-state index contributed by atoms with van der Waals surface area (Å²) in [4.78, 5) is 22.7. The highest BCUT2D eigenvalue weighted by atomic mass is 32.1. The standard InChI is InChI=1S/C22H19N3O3S/c1-13-15(21-25-17-8-5-11-23-22(17)29-21)6-4-7-16(13)24-20(26)14-9-10-18(27-2)19(12-14)28-3/h4-12H,1-3H3,(H,24,26). The second kappa shape index (κ2) is 7.89. The van der Waals surface area contributed by atoms with Crippen LogP contribution < -0.4 is 14.8 Å². The van der Waals surface area contributed by atoms with Gasteiger partial charge < -0.3 is 14.8 Å². The lowest BCUT2D eigenvalue weighted by atomic mass is 10.1. The molecule has 0 saturated carbocycles. The number of carbonyl (C=O) groups is 1. The molecule has 0 saturated heterocycles. The maximum absolute atomic E-state index is 12.8. The Morgan fingerprint density at radius 3 is 2.62 bits per heavy atom. The number of carbonyl (C=O) groups excluding carboxylic acids is 1. The molecular weight excluding hydrogens is 386 g/mol. The third kappa shape index (κ3) is 3.64. The van der Waals surface area contributed by atoms with Crippen molar-refractivity contribution in [2.75, 3.05) is 19.5 Å². The van der Waals surface area contributed by atoms with E-state index >= 15 is 0 Å². The van der Waals surface area contributed by atoms with Gasteiger partial charge in [0.25, 0.3) is 5.91 Å². The number of aromatic nitrogens is 2. The summed E-state index contributed by atoms with van der Waals surface area (Å²) in [6.45, 7) is 1.97. The van der Waals surface area contributed by atoms with Crippen LogP contribution in [0.5, 0.6) is 11.5 Å². The van der Waals surface area contributed by atoms with Crippen molar-refractivity contribution in [3.63, 3.8) is 0 Å². The molecule has 0 fully saturated rings. The van der Waals surface area contributed by atoms with Crippen LogP contribution in [0.4, 0.5) is 5.69 Å². The van der Waals surface area contributed by atoms with Crippen molar-refractivity contribution in [1.29, 1.82) is 0 Å². The van der Waals surface area contributed by atoms with Gasteiger partial charge in [-0.2, -0.15) is 0 Å². The van der Waals surface area contributed by atoms with Crippen molar-refractivity contribution in [2.24, 2.45) is 0 Å². The highest BCUT2D eigenvalue weighted by molar-refractivity contribution is 7.21. The molecule has 146 valence electrons. The molecule has 2 aromatic heterocycles. The summed E-state index contributed by atoms with van der Waals surface area (Å²) in [7, 11) is 3.10. The van der Waals surface area contributed by atoms with E-state index in [0.29, 0.717) is 17.1 Å². The summed E-state index contributed by atoms with van der Waals surface area (Å²) in [5, 5.41) is 3.86. The molecule has 2 aromatic carbocycles. The molecule has 7 heteroatoms. The van der Waals surface area contributed by atoms with Crippen LogP contribution in [0.3, 0.4) is 0 Å². The fraction of sp³-hybridized carbons (Fsp3) is 0.136. The van der Waals surface area contributed by atoms with Gasteiger partial charge in [0, 0.05) is 23.0 Å². The van der Waals surface area contributed by atoms with Crippen LogP contribution in [0.2, 0.25) is 0 Å². The number of pyridine rings is 1. The van der Waals surface area contributed by atoms with E-state index in [1.54, 1.807) is 38.6 Å². The molecule has 0 aliphatic carbocycles. The highest BCUT2D eigenvalue weighted by Crippen LogP contribution is 2.34. The molecule has 1 amide bonds. The van der Waals surface area contributed by atoms with E-state index in [0.717, 1.165) is 32.2 Å². The third-order valence-corrected chi connectivity index (χ3v) is 5.64. The van der Waals surface area contributed by atoms with Gasteiger partial charge in [0.2, 0.25) is 0 Å². The zero-order valence-corrected chi connectivity index (χ0v) is 17.0. The van der Waals surface area contributed by atoms with Crippen LogP contribution in [0.25, 0.3) is 20.9 Å². The fourth-order valence-electron chi connectivity index (χ4n) is 3.06. The molecule has 6 nitrogen and oxygen atoms in total. The minimum Gasteiger partial charge on any atom is -0.493 e. The van der Waals surface area contributed by atoms with Crippen molar-refractivity contribution in [1.82, 2.24) is 9.97 Å². The number of nitrogens with one attached hydrogen (secondary N) is 1. The normalized spacial score (nSPS) is 10.7. The van der Waals surface area contributed by atoms with Crippen molar-refractivity contribution >= 4 is 33.3 Å². The Labute approximate surface area is 172 Å². The molecule has 0 atom stereocenters. The number of amides is 1. The summed E-state index contributed by atoms with van der Waals surface area (Å²) in [5.74, 6) is 0.858. The van der Waals surface area contributed by atoms with E-state index in [4.69, 9.17) is 9.47 Å². The minimum absolute atomic E-state index is 0.225. The van der Waals surface area contributed by atoms with Crippen molar-refractivity contribution < 1.29 is 14.3 Å². The number of ether oxygens (including phenoxy) is 2. The third-order valence-electron chi connectivity index (χ3n) is 4.62.